The molecule has 7 nitrogen and oxygen atoms in total. The van der Waals surface area contributed by atoms with Gasteiger partial charge in [-0.15, -0.1) is 21.5 Å². The van der Waals surface area contributed by atoms with Gasteiger partial charge in [0.2, 0.25) is 5.91 Å². The number of carbonyl (C=O) groups excluding carboxylic acids is 2. The second kappa shape index (κ2) is 7.99. The van der Waals surface area contributed by atoms with Gasteiger partial charge in [-0.05, 0) is 30.2 Å². The molecule has 1 N–H and O–H groups in total. The number of amides is 2. The number of likely N-dealkylation sites (tertiary alicyclic amines) is 1. The Morgan fingerprint density at radius 3 is 2.81 bits per heavy atom. The maximum atomic E-state index is 13.1. The summed E-state index contributed by atoms with van der Waals surface area (Å²) in [5.41, 5.74) is 0. The molecule has 2 unspecified atom stereocenters. The van der Waals surface area contributed by atoms with Crippen molar-refractivity contribution in [3.05, 3.63) is 34.5 Å². The van der Waals surface area contributed by atoms with Gasteiger partial charge in [-0.1, -0.05) is 19.9 Å². The number of hydrogen-bond acceptors (Lipinski definition) is 5. The van der Waals surface area contributed by atoms with E-state index in [1.54, 1.807) is 12.4 Å². The molecule has 8 heteroatoms. The Kier molecular flexibility index (Phi) is 5.70. The molecular formula is C18H25N5O2S. The second-order valence-corrected chi connectivity index (χ2v) is 8.04. The number of nitrogens with one attached hydrogen (secondary N) is 1. The average molecular weight is 375 g/mol. The number of piperidine rings is 1. The molecule has 0 bridgehead atoms. The van der Waals surface area contributed by atoms with Crippen LogP contribution in [0, 0.1) is 5.92 Å². The molecule has 26 heavy (non-hydrogen) atoms. The normalized spacial score (nSPS) is 18.8. The summed E-state index contributed by atoms with van der Waals surface area (Å²) in [5.74, 6) is 0.902. The molecule has 1 saturated heterocycles. The smallest absolute Gasteiger partial charge is 0.262 e. The fraction of sp³-hybridized carbons (Fsp3) is 0.556. The fourth-order valence-corrected chi connectivity index (χ4v) is 4.01. The minimum absolute atomic E-state index is 0.0154. The zero-order valence-corrected chi connectivity index (χ0v) is 16.2. The zero-order valence-electron chi connectivity index (χ0n) is 15.4. The molecular weight excluding hydrogens is 350 g/mol. The Labute approximate surface area is 157 Å². The predicted octanol–water partition coefficient (Wildman–Crippen LogP) is 2.04. The molecule has 2 amide bonds. The first kappa shape index (κ1) is 18.6. The Bertz CT molecular complexity index is 755. The highest BCUT2D eigenvalue weighted by atomic mass is 32.1. The number of thiophene rings is 1. The molecule has 0 aliphatic carbocycles. The van der Waals surface area contributed by atoms with Crippen LogP contribution in [0.3, 0.4) is 0 Å². The van der Waals surface area contributed by atoms with Crippen LogP contribution in [0.15, 0.2) is 23.8 Å². The van der Waals surface area contributed by atoms with E-state index in [2.05, 4.69) is 15.5 Å². The van der Waals surface area contributed by atoms with Crippen molar-refractivity contribution in [2.24, 2.45) is 13.0 Å². The Morgan fingerprint density at radius 1 is 1.38 bits per heavy atom. The summed E-state index contributed by atoms with van der Waals surface area (Å²) in [6.07, 6.45) is 3.60. The SMILES string of the molecule is CC(C)C(NC(=O)c1cccs1)C(=O)N1CCCC(c2nncn2C)C1. The number of rotatable bonds is 5. The third kappa shape index (κ3) is 3.95. The molecule has 0 radical (unpaired) electrons. The van der Waals surface area contributed by atoms with Crippen molar-refractivity contribution in [1.29, 1.82) is 0 Å². The zero-order chi connectivity index (χ0) is 18.7. The predicted molar refractivity (Wildman–Crippen MR) is 100.0 cm³/mol. The number of carbonyl (C=O) groups is 2. The lowest BCUT2D eigenvalue weighted by atomic mass is 9.95. The van der Waals surface area contributed by atoms with Crippen molar-refractivity contribution < 1.29 is 9.59 Å². The summed E-state index contributed by atoms with van der Waals surface area (Å²) in [7, 11) is 1.92. The lowest BCUT2D eigenvalue weighted by Crippen LogP contribution is -2.53. The lowest BCUT2D eigenvalue weighted by Gasteiger charge is -2.35. The third-order valence-corrected chi connectivity index (χ3v) is 5.68. The van der Waals surface area contributed by atoms with Crippen LogP contribution in [0.2, 0.25) is 0 Å². The highest BCUT2D eigenvalue weighted by molar-refractivity contribution is 7.12. The minimum atomic E-state index is -0.525. The van der Waals surface area contributed by atoms with Gasteiger partial charge in [0.05, 0.1) is 4.88 Å². The van der Waals surface area contributed by atoms with Crippen molar-refractivity contribution in [3.8, 4) is 0 Å². The van der Waals surface area contributed by atoms with Crippen LogP contribution in [0.5, 0.6) is 0 Å². The topological polar surface area (TPSA) is 80.1 Å². The van der Waals surface area contributed by atoms with Crippen LogP contribution < -0.4 is 5.32 Å². The number of aryl methyl sites for hydroxylation is 1. The molecule has 3 heterocycles. The van der Waals surface area contributed by atoms with Gasteiger partial charge in [-0.3, -0.25) is 9.59 Å². The third-order valence-electron chi connectivity index (χ3n) is 4.81. The Balaban J connectivity index is 1.70. The molecule has 1 aliphatic heterocycles. The van der Waals surface area contributed by atoms with E-state index in [-0.39, 0.29) is 23.7 Å². The van der Waals surface area contributed by atoms with E-state index in [4.69, 9.17) is 0 Å². The average Bonchev–Trinajstić information content (AvgIpc) is 3.30. The molecule has 0 saturated carbocycles. The van der Waals surface area contributed by atoms with E-state index in [1.165, 1.54) is 11.3 Å². The van der Waals surface area contributed by atoms with Gasteiger partial charge < -0.3 is 14.8 Å². The minimum Gasteiger partial charge on any atom is -0.340 e. The van der Waals surface area contributed by atoms with Crippen LogP contribution in [0.4, 0.5) is 0 Å². The van der Waals surface area contributed by atoms with Gasteiger partial charge in [0.15, 0.2) is 0 Å². The van der Waals surface area contributed by atoms with Crippen LogP contribution in [-0.4, -0.2) is 50.6 Å². The standard InChI is InChI=1S/C18H25N5O2S/c1-12(2)15(20-17(24)14-7-5-9-26-14)18(25)23-8-4-6-13(10-23)16-21-19-11-22(16)3/h5,7,9,11-13,15H,4,6,8,10H2,1-3H3,(H,20,24). The molecule has 1 aliphatic rings. The highest BCUT2D eigenvalue weighted by Gasteiger charge is 2.33. The van der Waals surface area contributed by atoms with Gasteiger partial charge in [0.1, 0.15) is 18.2 Å². The second-order valence-electron chi connectivity index (χ2n) is 7.10. The molecule has 140 valence electrons. The number of hydrogen-bond donors (Lipinski definition) is 1. The van der Waals surface area contributed by atoms with Gasteiger partial charge in [0, 0.05) is 26.1 Å². The first-order valence-corrected chi connectivity index (χ1v) is 9.82. The fourth-order valence-electron chi connectivity index (χ4n) is 3.38. The summed E-state index contributed by atoms with van der Waals surface area (Å²) >= 11 is 1.38. The summed E-state index contributed by atoms with van der Waals surface area (Å²) in [6.45, 7) is 5.25. The number of aromatic nitrogens is 3. The number of nitrogens with zero attached hydrogens (tertiary/aromatic N) is 4. The molecule has 0 aromatic carbocycles. The quantitative estimate of drug-likeness (QED) is 0.867. The monoisotopic (exact) mass is 375 g/mol. The van der Waals surface area contributed by atoms with Gasteiger partial charge in [-0.25, -0.2) is 0 Å². The summed E-state index contributed by atoms with van der Waals surface area (Å²) < 4.78 is 1.91. The van der Waals surface area contributed by atoms with Crippen LogP contribution in [0.25, 0.3) is 0 Å². The Morgan fingerprint density at radius 2 is 2.19 bits per heavy atom. The Hall–Kier alpha value is -2.22. The summed E-state index contributed by atoms with van der Waals surface area (Å²) in [5, 5.41) is 12.9. The van der Waals surface area contributed by atoms with Crippen molar-refractivity contribution in [3.63, 3.8) is 0 Å². The molecule has 2 atom stereocenters. The highest BCUT2D eigenvalue weighted by Crippen LogP contribution is 2.26. The van der Waals surface area contributed by atoms with E-state index >= 15 is 0 Å². The van der Waals surface area contributed by atoms with Crippen LogP contribution in [-0.2, 0) is 11.8 Å². The maximum absolute atomic E-state index is 13.1. The summed E-state index contributed by atoms with van der Waals surface area (Å²) in [6, 6.07) is 3.08. The van der Waals surface area contributed by atoms with Crippen LogP contribution >= 0.6 is 11.3 Å². The first-order valence-electron chi connectivity index (χ1n) is 8.94. The maximum Gasteiger partial charge on any atom is 0.262 e. The molecule has 3 rings (SSSR count). The molecule has 1 fully saturated rings. The van der Waals surface area contributed by atoms with Crippen LogP contribution in [0.1, 0.15) is 48.1 Å². The molecule has 2 aromatic rings. The summed E-state index contributed by atoms with van der Waals surface area (Å²) in [4.78, 5) is 28.0. The van der Waals surface area contributed by atoms with Gasteiger partial charge in [-0.2, -0.15) is 0 Å². The van der Waals surface area contributed by atoms with E-state index < -0.39 is 6.04 Å². The van der Waals surface area contributed by atoms with E-state index in [9.17, 15) is 9.59 Å². The van der Waals surface area contributed by atoms with Gasteiger partial charge in [0.25, 0.3) is 5.91 Å². The van der Waals surface area contributed by atoms with E-state index in [0.717, 1.165) is 18.7 Å². The van der Waals surface area contributed by atoms with E-state index in [0.29, 0.717) is 18.0 Å². The van der Waals surface area contributed by atoms with Gasteiger partial charge >= 0.3 is 0 Å². The van der Waals surface area contributed by atoms with Crippen molar-refractivity contribution in [1.82, 2.24) is 25.0 Å². The van der Waals surface area contributed by atoms with Crippen molar-refractivity contribution >= 4 is 23.2 Å². The molecule has 0 spiro atoms. The van der Waals surface area contributed by atoms with E-state index in [1.807, 2.05) is 41.8 Å². The van der Waals surface area contributed by atoms with Crippen molar-refractivity contribution in [2.45, 2.75) is 38.6 Å². The van der Waals surface area contributed by atoms with Crippen molar-refractivity contribution in [2.75, 3.05) is 13.1 Å². The molecule has 2 aromatic heterocycles. The largest absolute Gasteiger partial charge is 0.340 e. The first-order chi connectivity index (χ1) is 12.5. The lowest BCUT2D eigenvalue weighted by molar-refractivity contribution is -0.135.